The van der Waals surface area contributed by atoms with E-state index in [1.54, 1.807) is 18.6 Å². The van der Waals surface area contributed by atoms with Crippen LogP contribution in [0, 0.1) is 17.5 Å². The fourth-order valence-corrected chi connectivity index (χ4v) is 9.33. The van der Waals surface area contributed by atoms with Crippen molar-refractivity contribution in [1.82, 2.24) is 40.0 Å². The lowest BCUT2D eigenvalue weighted by atomic mass is 10.0. The summed E-state index contributed by atoms with van der Waals surface area (Å²) in [5.41, 5.74) is 0.919. The Kier molecular flexibility index (Phi) is 9.29. The molecule has 4 aromatic rings. The van der Waals surface area contributed by atoms with Gasteiger partial charge in [0, 0.05) is 39.8 Å². The number of aliphatic carboxylic acids is 1. The van der Waals surface area contributed by atoms with Crippen molar-refractivity contribution in [2.24, 2.45) is 0 Å². The first-order chi connectivity index (χ1) is 22.2. The summed E-state index contributed by atoms with van der Waals surface area (Å²) in [6, 6.07) is -0.278. The van der Waals surface area contributed by atoms with E-state index in [0.717, 1.165) is 12.1 Å². The lowest BCUT2D eigenvalue weighted by Crippen LogP contribution is -2.56. The fourth-order valence-electron chi connectivity index (χ4n) is 5.89. The van der Waals surface area contributed by atoms with Crippen LogP contribution >= 0.6 is 10.9 Å². The molecule has 2 saturated heterocycles. The summed E-state index contributed by atoms with van der Waals surface area (Å²) in [6.45, 7) is -1.03. The van der Waals surface area contributed by atoms with E-state index in [1.807, 2.05) is 0 Å². The van der Waals surface area contributed by atoms with Gasteiger partial charge in [0.05, 0.1) is 50.5 Å². The third-order valence-electron chi connectivity index (χ3n) is 8.14. The molecule has 2 aliphatic rings. The van der Waals surface area contributed by atoms with Gasteiger partial charge in [-0.25, -0.2) is 48.2 Å². The Hall–Kier alpha value is -4.01. The molecular weight excluding hydrogens is 637 g/mol. The standard InChI is InChI=1S/C27H29F3N8O7S/c28-15-1-13(2-16(29)24(15)30)17-6-38(36-33-17)25-20(45-10-23(40)41)11-46(21(7-39)27(25)43)22-9-44-8-19(26(22)42)37-5-18(34-35-37)14-3-31-12-32-4-14/h1-6,12,19-22,25-27,39,42-43,46H,7-11H2,(H,40,41)/t19-,20-,21+,22+,25+,26+,27-/m0/s1. The Morgan fingerprint density at radius 1 is 0.978 bits per heavy atom. The van der Waals surface area contributed by atoms with Crippen molar-refractivity contribution < 1.29 is 47.9 Å². The minimum atomic E-state index is -1.65. The SMILES string of the molecule is O=C(O)CO[C@H]1C[SH]([C@@H]2COC[C@H](n3cc(-c4cncnc4)nn3)[C@H]2O)[C@H](CO)[C@H](O)[C@@H]1n1cc(-c2cc(F)c(F)c(F)c2)nn1. The van der Waals surface area contributed by atoms with Crippen LogP contribution in [0.25, 0.3) is 22.5 Å². The van der Waals surface area contributed by atoms with Crippen molar-refractivity contribution in [2.45, 2.75) is 40.9 Å². The van der Waals surface area contributed by atoms with Crippen molar-refractivity contribution in [3.63, 3.8) is 0 Å². The van der Waals surface area contributed by atoms with E-state index in [0.29, 0.717) is 11.3 Å². The molecule has 2 fully saturated rings. The molecule has 19 heteroatoms. The lowest BCUT2D eigenvalue weighted by molar-refractivity contribution is -0.146. The van der Waals surface area contributed by atoms with E-state index in [2.05, 4.69) is 30.6 Å². The zero-order valence-electron chi connectivity index (χ0n) is 23.8. The number of aromatic nitrogens is 8. The highest BCUT2D eigenvalue weighted by molar-refractivity contribution is 8.18. The van der Waals surface area contributed by atoms with Gasteiger partial charge in [-0.2, -0.15) is 0 Å². The molecule has 1 aromatic carbocycles. The summed E-state index contributed by atoms with van der Waals surface area (Å²) >= 11 is 0. The predicted octanol–water partition coefficient (Wildman–Crippen LogP) is 0.159. The van der Waals surface area contributed by atoms with Crippen LogP contribution in [0.3, 0.4) is 0 Å². The van der Waals surface area contributed by atoms with Crippen molar-refractivity contribution in [3.8, 4) is 22.5 Å². The van der Waals surface area contributed by atoms with E-state index in [-0.39, 0.29) is 30.2 Å². The molecular formula is C27H29F3N8O7S. The van der Waals surface area contributed by atoms with Crippen LogP contribution in [0.1, 0.15) is 12.1 Å². The van der Waals surface area contributed by atoms with Crippen LogP contribution < -0.4 is 0 Å². The Bertz CT molecular complexity index is 1660. The van der Waals surface area contributed by atoms with Gasteiger partial charge in [0.1, 0.15) is 36.4 Å². The first kappa shape index (κ1) is 32.0. The van der Waals surface area contributed by atoms with Crippen LogP contribution in [0.5, 0.6) is 0 Å². The number of hydrogen-bond acceptors (Lipinski definition) is 12. The molecule has 5 heterocycles. The second-order valence-corrected chi connectivity index (χ2v) is 13.6. The van der Waals surface area contributed by atoms with Gasteiger partial charge in [-0.3, -0.25) is 0 Å². The fraction of sp³-hybridized carbons (Fsp3) is 0.444. The molecule has 1 unspecified atom stereocenters. The minimum absolute atomic E-state index is 0.0522. The maximum atomic E-state index is 13.9. The summed E-state index contributed by atoms with van der Waals surface area (Å²) in [6.07, 6.45) is 3.96. The monoisotopic (exact) mass is 666 g/mol. The van der Waals surface area contributed by atoms with E-state index in [4.69, 9.17) is 9.47 Å². The maximum Gasteiger partial charge on any atom is 0.329 e. The molecule has 0 spiro atoms. The summed E-state index contributed by atoms with van der Waals surface area (Å²) in [5, 5.41) is 57.9. The molecule has 0 saturated carbocycles. The molecule has 246 valence electrons. The van der Waals surface area contributed by atoms with Gasteiger partial charge in [-0.1, -0.05) is 10.4 Å². The van der Waals surface area contributed by atoms with Crippen molar-refractivity contribution in [3.05, 3.63) is 60.7 Å². The summed E-state index contributed by atoms with van der Waals surface area (Å²) < 4.78 is 55.5. The van der Waals surface area contributed by atoms with Gasteiger partial charge in [0.25, 0.3) is 0 Å². The topological polar surface area (TPSA) is 204 Å². The molecule has 0 amide bonds. The zero-order valence-corrected chi connectivity index (χ0v) is 24.7. The average Bonchev–Trinajstić information content (AvgIpc) is 3.74. The quantitative estimate of drug-likeness (QED) is 0.120. The van der Waals surface area contributed by atoms with Gasteiger partial charge in [-0.05, 0) is 12.1 Å². The number of rotatable bonds is 9. The number of hydrogen-bond donors (Lipinski definition) is 5. The molecule has 8 atom stereocenters. The molecule has 15 nitrogen and oxygen atoms in total. The van der Waals surface area contributed by atoms with E-state index in [1.165, 1.54) is 21.9 Å². The molecule has 0 radical (unpaired) electrons. The highest BCUT2D eigenvalue weighted by Gasteiger charge is 2.50. The average molecular weight is 667 g/mol. The van der Waals surface area contributed by atoms with Crippen molar-refractivity contribution in [2.75, 3.05) is 32.2 Å². The number of thiol groups is 1. The van der Waals surface area contributed by atoms with Crippen LogP contribution in [0.2, 0.25) is 0 Å². The molecule has 46 heavy (non-hydrogen) atoms. The number of aliphatic hydroxyl groups excluding tert-OH is 3. The maximum absolute atomic E-state index is 13.9. The zero-order chi connectivity index (χ0) is 32.5. The largest absolute Gasteiger partial charge is 0.480 e. The Morgan fingerprint density at radius 3 is 2.30 bits per heavy atom. The molecule has 3 aromatic heterocycles. The van der Waals surface area contributed by atoms with Crippen LogP contribution in [0.4, 0.5) is 13.2 Å². The van der Waals surface area contributed by atoms with E-state index < -0.39 is 88.4 Å². The number of aliphatic hydroxyl groups is 3. The highest BCUT2D eigenvalue weighted by atomic mass is 32.2. The predicted molar refractivity (Wildman–Crippen MR) is 153 cm³/mol. The smallest absolute Gasteiger partial charge is 0.329 e. The summed E-state index contributed by atoms with van der Waals surface area (Å²) in [7, 11) is -1.50. The third-order valence-corrected chi connectivity index (χ3v) is 11.6. The number of benzene rings is 1. The second-order valence-electron chi connectivity index (χ2n) is 10.9. The molecule has 4 N–H and O–H groups in total. The number of carboxylic acid groups (broad SMARTS) is 1. The first-order valence-corrected chi connectivity index (χ1v) is 15.7. The second kappa shape index (κ2) is 13.4. The Labute approximate surface area is 261 Å². The minimum Gasteiger partial charge on any atom is -0.480 e. The number of ether oxygens (including phenoxy) is 2. The summed E-state index contributed by atoms with van der Waals surface area (Å²) in [4.78, 5) is 19.4. The van der Waals surface area contributed by atoms with Gasteiger partial charge in [0.15, 0.2) is 17.5 Å². The van der Waals surface area contributed by atoms with Gasteiger partial charge in [-0.15, -0.1) is 10.2 Å². The van der Waals surface area contributed by atoms with Crippen molar-refractivity contribution >= 4 is 16.9 Å². The van der Waals surface area contributed by atoms with Crippen LogP contribution in [0.15, 0.2) is 43.2 Å². The molecule has 6 rings (SSSR count). The van der Waals surface area contributed by atoms with Crippen LogP contribution in [-0.2, 0) is 14.3 Å². The first-order valence-electron chi connectivity index (χ1n) is 14.0. The Morgan fingerprint density at radius 2 is 1.63 bits per heavy atom. The molecule has 0 aliphatic carbocycles. The van der Waals surface area contributed by atoms with Crippen LogP contribution in [-0.4, -0.2) is 127 Å². The van der Waals surface area contributed by atoms with Crippen molar-refractivity contribution in [1.29, 1.82) is 0 Å². The van der Waals surface area contributed by atoms with Gasteiger partial charge < -0.3 is 29.9 Å². The lowest BCUT2D eigenvalue weighted by Gasteiger charge is -2.51. The Balaban J connectivity index is 1.27. The normalized spacial score (nSPS) is 29.1. The molecule has 2 aliphatic heterocycles. The van der Waals surface area contributed by atoms with Gasteiger partial charge in [0.2, 0.25) is 0 Å². The number of halogens is 3. The summed E-state index contributed by atoms with van der Waals surface area (Å²) in [5.74, 6) is -5.67. The molecule has 0 bridgehead atoms. The number of nitrogens with zero attached hydrogens (tertiary/aromatic N) is 8. The van der Waals surface area contributed by atoms with Gasteiger partial charge >= 0.3 is 5.97 Å². The van der Waals surface area contributed by atoms with E-state index >= 15 is 0 Å². The number of carbonyl (C=O) groups is 1. The number of carboxylic acids is 1. The highest BCUT2D eigenvalue weighted by Crippen LogP contribution is 2.51. The third kappa shape index (κ3) is 6.20. The van der Waals surface area contributed by atoms with E-state index in [9.17, 15) is 38.4 Å².